The normalized spacial score (nSPS) is 14.6. The molecule has 0 radical (unpaired) electrons. The van der Waals surface area contributed by atoms with Gasteiger partial charge in [-0.2, -0.15) is 0 Å². The Bertz CT molecular complexity index is 637. The van der Waals surface area contributed by atoms with Crippen LogP contribution in [0, 0.1) is 11.6 Å². The fourth-order valence-electron chi connectivity index (χ4n) is 2.76. The van der Waals surface area contributed by atoms with Gasteiger partial charge in [-0.15, -0.1) is 0 Å². The second-order valence-corrected chi connectivity index (χ2v) is 5.09. The van der Waals surface area contributed by atoms with Crippen molar-refractivity contribution in [3.05, 3.63) is 64.7 Å². The van der Waals surface area contributed by atoms with Crippen LogP contribution < -0.4 is 10.1 Å². The Balaban J connectivity index is 2.06. The van der Waals surface area contributed by atoms with Crippen LogP contribution in [0.4, 0.5) is 8.78 Å². The van der Waals surface area contributed by atoms with Gasteiger partial charge < -0.3 is 10.1 Å². The number of nitrogens with one attached hydrogen (secondary N) is 1. The van der Waals surface area contributed by atoms with E-state index in [1.165, 1.54) is 18.2 Å². The summed E-state index contributed by atoms with van der Waals surface area (Å²) in [5.74, 6) is -0.196. The van der Waals surface area contributed by atoms with Crippen LogP contribution in [0.2, 0.25) is 0 Å². The summed E-state index contributed by atoms with van der Waals surface area (Å²) in [4.78, 5) is 0. The Hall–Kier alpha value is -1.94. The number of halogens is 2. The molecular formula is C17H17F2NO. The van der Waals surface area contributed by atoms with Crippen molar-refractivity contribution in [2.24, 2.45) is 0 Å². The maximum absolute atomic E-state index is 14.1. The Morgan fingerprint density at radius 3 is 2.67 bits per heavy atom. The van der Waals surface area contributed by atoms with Crippen molar-refractivity contribution in [2.75, 3.05) is 13.2 Å². The van der Waals surface area contributed by atoms with Crippen molar-refractivity contribution in [3.63, 3.8) is 0 Å². The van der Waals surface area contributed by atoms with E-state index in [0.717, 1.165) is 23.3 Å². The highest BCUT2D eigenvalue weighted by molar-refractivity contribution is 5.43. The highest BCUT2D eigenvalue weighted by Crippen LogP contribution is 2.32. The van der Waals surface area contributed by atoms with E-state index in [2.05, 4.69) is 5.32 Å². The maximum Gasteiger partial charge on any atom is 0.131 e. The molecular weight excluding hydrogens is 272 g/mol. The van der Waals surface area contributed by atoms with Gasteiger partial charge in [0.1, 0.15) is 17.4 Å². The third kappa shape index (κ3) is 2.63. The third-order valence-corrected chi connectivity index (χ3v) is 3.74. The molecule has 110 valence electrons. The zero-order valence-corrected chi connectivity index (χ0v) is 11.8. The molecule has 0 saturated heterocycles. The lowest BCUT2D eigenvalue weighted by Crippen LogP contribution is -2.24. The highest BCUT2D eigenvalue weighted by atomic mass is 19.1. The first-order valence-corrected chi connectivity index (χ1v) is 7.13. The van der Waals surface area contributed by atoms with E-state index in [-0.39, 0.29) is 5.56 Å². The Kier molecular flexibility index (Phi) is 3.88. The molecule has 2 aromatic carbocycles. The molecule has 1 N–H and O–H groups in total. The van der Waals surface area contributed by atoms with Gasteiger partial charge in [0.2, 0.25) is 0 Å². The summed E-state index contributed by atoms with van der Waals surface area (Å²) in [6.45, 7) is 3.20. The fraction of sp³-hybridized carbons (Fsp3) is 0.294. The van der Waals surface area contributed by atoms with Crippen molar-refractivity contribution in [1.29, 1.82) is 0 Å². The van der Waals surface area contributed by atoms with E-state index in [0.29, 0.717) is 13.2 Å². The van der Waals surface area contributed by atoms with Gasteiger partial charge in [0.05, 0.1) is 12.6 Å². The van der Waals surface area contributed by atoms with Crippen molar-refractivity contribution in [3.8, 4) is 5.75 Å². The zero-order chi connectivity index (χ0) is 14.8. The monoisotopic (exact) mass is 289 g/mol. The molecule has 3 rings (SSSR count). The number of ether oxygens (including phenoxy) is 1. The van der Waals surface area contributed by atoms with E-state index in [4.69, 9.17) is 4.74 Å². The number of hydrogen-bond donors (Lipinski definition) is 1. The first kappa shape index (κ1) is 14.0. The van der Waals surface area contributed by atoms with Gasteiger partial charge in [0, 0.05) is 12.0 Å². The molecule has 0 aliphatic carbocycles. The van der Waals surface area contributed by atoms with Crippen LogP contribution in [0.1, 0.15) is 29.7 Å². The number of rotatable bonds is 4. The lowest BCUT2D eigenvalue weighted by Gasteiger charge is -2.20. The quantitative estimate of drug-likeness (QED) is 0.928. The first-order chi connectivity index (χ1) is 10.2. The van der Waals surface area contributed by atoms with E-state index in [1.807, 2.05) is 25.1 Å². The molecule has 0 fully saturated rings. The summed E-state index contributed by atoms with van der Waals surface area (Å²) in [5.41, 5.74) is 2.01. The second kappa shape index (κ2) is 5.82. The maximum atomic E-state index is 14.1. The molecule has 1 unspecified atom stereocenters. The molecule has 4 heteroatoms. The molecule has 1 heterocycles. The predicted molar refractivity (Wildman–Crippen MR) is 77.5 cm³/mol. The van der Waals surface area contributed by atoms with Crippen LogP contribution >= 0.6 is 0 Å². The van der Waals surface area contributed by atoms with Gasteiger partial charge in [-0.1, -0.05) is 25.1 Å². The first-order valence-electron chi connectivity index (χ1n) is 7.13. The van der Waals surface area contributed by atoms with Crippen molar-refractivity contribution in [2.45, 2.75) is 19.4 Å². The van der Waals surface area contributed by atoms with Crippen LogP contribution in [0.15, 0.2) is 36.4 Å². The molecule has 0 spiro atoms. The molecule has 2 nitrogen and oxygen atoms in total. The molecule has 0 bridgehead atoms. The zero-order valence-electron chi connectivity index (χ0n) is 11.8. The van der Waals surface area contributed by atoms with Crippen molar-refractivity contribution < 1.29 is 13.5 Å². The van der Waals surface area contributed by atoms with Gasteiger partial charge in [-0.3, -0.25) is 0 Å². The van der Waals surface area contributed by atoms with Gasteiger partial charge in [-0.05, 0) is 35.9 Å². The Morgan fingerprint density at radius 2 is 1.95 bits per heavy atom. The number of fused-ring (bicyclic) bond motifs is 1. The molecule has 0 amide bonds. The Morgan fingerprint density at radius 1 is 1.19 bits per heavy atom. The second-order valence-electron chi connectivity index (χ2n) is 5.09. The molecule has 1 atom stereocenters. The van der Waals surface area contributed by atoms with Crippen LogP contribution in [-0.4, -0.2) is 13.2 Å². The van der Waals surface area contributed by atoms with E-state index >= 15 is 0 Å². The van der Waals surface area contributed by atoms with Gasteiger partial charge in [-0.25, -0.2) is 8.78 Å². The standard InChI is InChI=1S/C17H17F2NO/c1-2-20-17(16-13(18)4-3-5-14(16)19)12-6-7-15-11(10-12)8-9-21-15/h3-7,10,17,20H,2,8-9H2,1H3. The van der Waals surface area contributed by atoms with Crippen molar-refractivity contribution in [1.82, 2.24) is 5.32 Å². The third-order valence-electron chi connectivity index (χ3n) is 3.74. The average molecular weight is 289 g/mol. The van der Waals surface area contributed by atoms with E-state index in [1.54, 1.807) is 0 Å². The van der Waals surface area contributed by atoms with E-state index < -0.39 is 17.7 Å². The summed E-state index contributed by atoms with van der Waals surface area (Å²) >= 11 is 0. The minimum Gasteiger partial charge on any atom is -0.493 e. The summed E-state index contributed by atoms with van der Waals surface area (Å²) < 4.78 is 33.6. The summed E-state index contributed by atoms with van der Waals surface area (Å²) in [6, 6.07) is 9.18. The molecule has 0 aromatic heterocycles. The largest absolute Gasteiger partial charge is 0.493 e. The van der Waals surface area contributed by atoms with Gasteiger partial charge in [0.15, 0.2) is 0 Å². The fourth-order valence-corrected chi connectivity index (χ4v) is 2.76. The Labute approximate surface area is 122 Å². The molecule has 0 saturated carbocycles. The summed E-state index contributed by atoms with van der Waals surface area (Å²) in [7, 11) is 0. The minimum absolute atomic E-state index is 0.0678. The minimum atomic E-state index is -0.530. The molecule has 1 aliphatic heterocycles. The van der Waals surface area contributed by atoms with Crippen molar-refractivity contribution >= 4 is 0 Å². The number of benzene rings is 2. The smallest absolute Gasteiger partial charge is 0.131 e. The van der Waals surface area contributed by atoms with Crippen LogP contribution in [0.5, 0.6) is 5.75 Å². The predicted octanol–water partition coefficient (Wildman–Crippen LogP) is 3.60. The average Bonchev–Trinajstić information content (AvgIpc) is 2.93. The summed E-state index contributed by atoms with van der Waals surface area (Å²) in [5, 5.41) is 3.17. The molecule has 2 aromatic rings. The van der Waals surface area contributed by atoms with E-state index in [9.17, 15) is 8.78 Å². The van der Waals surface area contributed by atoms with Crippen LogP contribution in [0.25, 0.3) is 0 Å². The lowest BCUT2D eigenvalue weighted by atomic mass is 9.95. The van der Waals surface area contributed by atoms with Gasteiger partial charge in [0.25, 0.3) is 0 Å². The molecule has 1 aliphatic rings. The molecule has 21 heavy (non-hydrogen) atoms. The van der Waals surface area contributed by atoms with Gasteiger partial charge >= 0.3 is 0 Å². The van der Waals surface area contributed by atoms with Crippen LogP contribution in [-0.2, 0) is 6.42 Å². The van der Waals surface area contributed by atoms with Crippen LogP contribution in [0.3, 0.4) is 0 Å². The lowest BCUT2D eigenvalue weighted by molar-refractivity contribution is 0.357. The highest BCUT2D eigenvalue weighted by Gasteiger charge is 2.23. The topological polar surface area (TPSA) is 21.3 Å². The SMILES string of the molecule is CCNC(c1ccc2c(c1)CCO2)c1c(F)cccc1F. The summed E-state index contributed by atoms with van der Waals surface area (Å²) in [6.07, 6.45) is 0.835. The number of hydrogen-bond acceptors (Lipinski definition) is 2.